The summed E-state index contributed by atoms with van der Waals surface area (Å²) >= 11 is 0. The fourth-order valence-electron chi connectivity index (χ4n) is 4.20. The van der Waals surface area contributed by atoms with Crippen LogP contribution in [0.5, 0.6) is 0 Å². The van der Waals surface area contributed by atoms with Gasteiger partial charge in [-0.1, -0.05) is 66.7 Å². The molecule has 32 heavy (non-hydrogen) atoms. The number of furan rings is 1. The van der Waals surface area contributed by atoms with Crippen LogP contribution in [0.3, 0.4) is 0 Å². The number of pyridine rings is 2. The largest absolute Gasteiger partial charge is 0.454 e. The Morgan fingerprint density at radius 1 is 0.688 bits per heavy atom. The third kappa shape index (κ3) is 3.34. The molecule has 152 valence electrons. The van der Waals surface area contributed by atoms with Crippen LogP contribution in [0.25, 0.3) is 44.5 Å². The molecular weight excluding hydrogens is 392 g/mol. The van der Waals surface area contributed by atoms with Crippen LogP contribution in [0.15, 0.2) is 114 Å². The van der Waals surface area contributed by atoms with Crippen LogP contribution < -0.4 is 0 Å². The lowest BCUT2D eigenvalue weighted by Crippen LogP contribution is -1.91. The minimum absolute atomic E-state index is 0.795. The summed E-state index contributed by atoms with van der Waals surface area (Å²) in [5.74, 6) is 0. The molecule has 0 fully saturated rings. The SMILES string of the molecule is c1ccc(Cc2ccc3oc4c(-c5cc(-c6ccccc6)ccn5)cccc4c3n2)cc1. The highest BCUT2D eigenvalue weighted by Gasteiger charge is 2.15. The van der Waals surface area contributed by atoms with E-state index in [1.54, 1.807) is 0 Å². The van der Waals surface area contributed by atoms with E-state index in [4.69, 9.17) is 9.40 Å². The molecule has 0 atom stereocenters. The summed E-state index contributed by atoms with van der Waals surface area (Å²) in [5.41, 5.74) is 8.95. The second-order valence-corrected chi connectivity index (χ2v) is 7.89. The lowest BCUT2D eigenvalue weighted by atomic mass is 10.0. The van der Waals surface area contributed by atoms with Gasteiger partial charge in [0.25, 0.3) is 0 Å². The minimum Gasteiger partial charge on any atom is -0.454 e. The zero-order chi connectivity index (χ0) is 21.3. The van der Waals surface area contributed by atoms with Gasteiger partial charge >= 0.3 is 0 Å². The van der Waals surface area contributed by atoms with Gasteiger partial charge in [0.2, 0.25) is 0 Å². The van der Waals surface area contributed by atoms with Gasteiger partial charge in [-0.25, -0.2) is 4.98 Å². The Labute approximate surface area is 186 Å². The number of hydrogen-bond donors (Lipinski definition) is 0. The Balaban J connectivity index is 1.46. The van der Waals surface area contributed by atoms with E-state index in [-0.39, 0.29) is 0 Å². The highest BCUT2D eigenvalue weighted by atomic mass is 16.3. The average molecular weight is 412 g/mol. The summed E-state index contributed by atoms with van der Waals surface area (Å²) in [6.45, 7) is 0. The number of fused-ring (bicyclic) bond motifs is 3. The molecule has 6 aromatic rings. The maximum atomic E-state index is 6.29. The molecule has 3 heteroatoms. The number of rotatable bonds is 4. The lowest BCUT2D eigenvalue weighted by molar-refractivity contribution is 0.668. The van der Waals surface area contributed by atoms with E-state index in [2.05, 4.69) is 65.6 Å². The molecular formula is C29H20N2O. The second kappa shape index (κ2) is 7.78. The molecule has 0 saturated carbocycles. The number of nitrogens with zero attached hydrogens (tertiary/aromatic N) is 2. The molecule has 0 saturated heterocycles. The Kier molecular flexibility index (Phi) is 4.51. The first-order valence-electron chi connectivity index (χ1n) is 10.7. The Morgan fingerprint density at radius 3 is 2.34 bits per heavy atom. The van der Waals surface area contributed by atoms with Crippen molar-refractivity contribution in [3.63, 3.8) is 0 Å². The van der Waals surface area contributed by atoms with E-state index >= 15 is 0 Å². The zero-order valence-corrected chi connectivity index (χ0v) is 17.4. The van der Waals surface area contributed by atoms with Crippen LogP contribution in [-0.4, -0.2) is 9.97 Å². The molecule has 0 bridgehead atoms. The molecule has 3 aromatic heterocycles. The summed E-state index contributed by atoms with van der Waals surface area (Å²) in [6.07, 6.45) is 2.65. The van der Waals surface area contributed by atoms with Crippen LogP contribution in [0.2, 0.25) is 0 Å². The Morgan fingerprint density at radius 2 is 1.50 bits per heavy atom. The summed E-state index contributed by atoms with van der Waals surface area (Å²) < 4.78 is 6.29. The van der Waals surface area contributed by atoms with Crippen molar-refractivity contribution in [2.45, 2.75) is 6.42 Å². The van der Waals surface area contributed by atoms with Gasteiger partial charge in [-0.05, 0) is 53.1 Å². The maximum absolute atomic E-state index is 6.29. The predicted octanol–water partition coefficient (Wildman–Crippen LogP) is 7.30. The molecule has 3 nitrogen and oxygen atoms in total. The van der Waals surface area contributed by atoms with Gasteiger partial charge in [-0.2, -0.15) is 0 Å². The minimum atomic E-state index is 0.795. The molecule has 3 heterocycles. The van der Waals surface area contributed by atoms with E-state index in [0.29, 0.717) is 0 Å². The molecule has 0 amide bonds. The molecule has 0 aliphatic heterocycles. The quantitative estimate of drug-likeness (QED) is 0.305. The third-order valence-corrected chi connectivity index (χ3v) is 5.77. The number of benzene rings is 3. The lowest BCUT2D eigenvalue weighted by Gasteiger charge is -2.05. The summed E-state index contributed by atoms with van der Waals surface area (Å²) in [7, 11) is 0. The maximum Gasteiger partial charge on any atom is 0.153 e. The van der Waals surface area contributed by atoms with Gasteiger partial charge in [0.1, 0.15) is 11.1 Å². The third-order valence-electron chi connectivity index (χ3n) is 5.77. The first-order valence-corrected chi connectivity index (χ1v) is 10.7. The molecule has 0 unspecified atom stereocenters. The fraction of sp³-hybridized carbons (Fsp3) is 0.0345. The second-order valence-electron chi connectivity index (χ2n) is 7.89. The van der Waals surface area contributed by atoms with E-state index < -0.39 is 0 Å². The van der Waals surface area contributed by atoms with Crippen LogP contribution in [0, 0.1) is 0 Å². The smallest absolute Gasteiger partial charge is 0.153 e. The molecule has 0 aliphatic rings. The van der Waals surface area contributed by atoms with Crippen molar-refractivity contribution in [2.75, 3.05) is 0 Å². The standard InChI is InChI=1S/C29H20N2O/c1-3-8-20(9-4-1)18-23-14-15-27-28(31-23)25-13-7-12-24(29(25)32-27)26-19-22(16-17-30-26)21-10-5-2-6-11-21/h1-17,19H,18H2. The highest BCUT2D eigenvalue weighted by molar-refractivity contribution is 6.07. The molecule has 0 N–H and O–H groups in total. The van der Waals surface area contributed by atoms with Gasteiger partial charge in [0, 0.05) is 29.3 Å². The van der Waals surface area contributed by atoms with Crippen molar-refractivity contribution in [3.05, 3.63) is 121 Å². The predicted molar refractivity (Wildman–Crippen MR) is 129 cm³/mol. The fourth-order valence-corrected chi connectivity index (χ4v) is 4.20. The van der Waals surface area contributed by atoms with Gasteiger partial charge in [-0.15, -0.1) is 0 Å². The van der Waals surface area contributed by atoms with Gasteiger partial charge in [-0.3, -0.25) is 4.98 Å². The average Bonchev–Trinajstić information content (AvgIpc) is 3.23. The molecule has 0 radical (unpaired) electrons. The van der Waals surface area contributed by atoms with E-state index in [1.807, 2.05) is 48.7 Å². The van der Waals surface area contributed by atoms with Crippen molar-refractivity contribution < 1.29 is 4.42 Å². The van der Waals surface area contributed by atoms with Gasteiger partial charge in [0.15, 0.2) is 5.58 Å². The highest BCUT2D eigenvalue weighted by Crippen LogP contribution is 2.35. The molecule has 6 rings (SSSR count). The molecule has 0 aliphatic carbocycles. The van der Waals surface area contributed by atoms with Crippen molar-refractivity contribution in [2.24, 2.45) is 0 Å². The van der Waals surface area contributed by atoms with Gasteiger partial charge < -0.3 is 4.42 Å². The van der Waals surface area contributed by atoms with Crippen LogP contribution in [0.1, 0.15) is 11.3 Å². The number of aromatic nitrogens is 2. The van der Waals surface area contributed by atoms with Crippen molar-refractivity contribution >= 4 is 22.1 Å². The Hall–Kier alpha value is -4.24. The first kappa shape index (κ1) is 18.5. The van der Waals surface area contributed by atoms with E-state index in [0.717, 1.165) is 51.0 Å². The number of hydrogen-bond acceptors (Lipinski definition) is 3. The molecule has 3 aromatic carbocycles. The first-order chi connectivity index (χ1) is 15.8. The van der Waals surface area contributed by atoms with Crippen LogP contribution >= 0.6 is 0 Å². The summed E-state index contributed by atoms with van der Waals surface area (Å²) in [5, 5.41) is 1.01. The molecule has 0 spiro atoms. The van der Waals surface area contributed by atoms with Crippen molar-refractivity contribution in [3.8, 4) is 22.4 Å². The van der Waals surface area contributed by atoms with Crippen molar-refractivity contribution in [1.29, 1.82) is 0 Å². The summed E-state index contributed by atoms with van der Waals surface area (Å²) in [4.78, 5) is 9.59. The van der Waals surface area contributed by atoms with Gasteiger partial charge in [0.05, 0.1) is 5.69 Å². The van der Waals surface area contributed by atoms with E-state index in [9.17, 15) is 0 Å². The van der Waals surface area contributed by atoms with Crippen molar-refractivity contribution in [1.82, 2.24) is 9.97 Å². The Bertz CT molecular complexity index is 1540. The number of para-hydroxylation sites is 1. The normalized spacial score (nSPS) is 11.2. The van der Waals surface area contributed by atoms with Crippen LogP contribution in [-0.2, 0) is 6.42 Å². The summed E-state index contributed by atoms with van der Waals surface area (Å²) in [6, 6.07) is 35.2. The zero-order valence-electron chi connectivity index (χ0n) is 17.4. The topological polar surface area (TPSA) is 38.9 Å². The monoisotopic (exact) mass is 412 g/mol. The van der Waals surface area contributed by atoms with E-state index in [1.165, 1.54) is 11.1 Å². The van der Waals surface area contributed by atoms with Crippen LogP contribution in [0.4, 0.5) is 0 Å².